The molecule has 1 aliphatic rings. The summed E-state index contributed by atoms with van der Waals surface area (Å²) in [6.07, 6.45) is 6.12. The maximum Gasteiger partial charge on any atom is 0.220 e. The van der Waals surface area contributed by atoms with E-state index in [1.165, 1.54) is 6.42 Å². The van der Waals surface area contributed by atoms with Crippen LogP contribution in [-0.4, -0.2) is 18.5 Å². The Morgan fingerprint density at radius 2 is 2.33 bits per heavy atom. The molecule has 1 rings (SSSR count). The van der Waals surface area contributed by atoms with Gasteiger partial charge in [0.25, 0.3) is 0 Å². The lowest BCUT2D eigenvalue weighted by atomic mass is 10.1. The maximum absolute atomic E-state index is 11.1. The van der Waals surface area contributed by atoms with Gasteiger partial charge in [0.15, 0.2) is 0 Å². The fourth-order valence-electron chi connectivity index (χ4n) is 1.63. The van der Waals surface area contributed by atoms with Gasteiger partial charge in [0.2, 0.25) is 5.91 Å². The van der Waals surface area contributed by atoms with E-state index in [-0.39, 0.29) is 5.91 Å². The molecule has 0 aromatic heterocycles. The predicted molar refractivity (Wildman–Crippen MR) is 48.7 cm³/mol. The normalized spacial score (nSPS) is 24.8. The summed E-state index contributed by atoms with van der Waals surface area (Å²) in [6, 6.07) is 0.392. The first-order valence-electron chi connectivity index (χ1n) is 4.82. The van der Waals surface area contributed by atoms with Gasteiger partial charge in [-0.05, 0) is 32.2 Å². The molecular weight excluding hydrogens is 152 g/mol. The molecule has 3 heteroatoms. The number of hydrogen-bond acceptors (Lipinski definition) is 2. The molecule has 0 bridgehead atoms. The van der Waals surface area contributed by atoms with Crippen molar-refractivity contribution >= 4 is 5.91 Å². The first-order chi connectivity index (χ1) is 5.83. The van der Waals surface area contributed by atoms with E-state index in [0.717, 1.165) is 32.2 Å². The lowest BCUT2D eigenvalue weighted by Crippen LogP contribution is -2.33. The second-order valence-corrected chi connectivity index (χ2v) is 3.44. The van der Waals surface area contributed by atoms with E-state index >= 15 is 0 Å². The molecule has 0 radical (unpaired) electrons. The van der Waals surface area contributed by atoms with Crippen LogP contribution in [0.1, 0.15) is 38.5 Å². The van der Waals surface area contributed by atoms with Crippen molar-refractivity contribution in [3.05, 3.63) is 0 Å². The summed E-state index contributed by atoms with van der Waals surface area (Å²) < 4.78 is 0. The Labute approximate surface area is 73.7 Å². The van der Waals surface area contributed by atoms with Gasteiger partial charge in [-0.2, -0.15) is 0 Å². The standard InChI is InChI=1S/C9H18N2O/c10-7-3-5-8-4-1-2-6-9(12)11-8/h8H,1-7,10H2,(H,11,12). The molecule has 1 heterocycles. The molecular formula is C9H18N2O. The summed E-state index contributed by atoms with van der Waals surface area (Å²) in [4.78, 5) is 11.1. The molecule has 1 amide bonds. The summed E-state index contributed by atoms with van der Waals surface area (Å²) >= 11 is 0. The first kappa shape index (κ1) is 9.52. The zero-order chi connectivity index (χ0) is 8.81. The van der Waals surface area contributed by atoms with Crippen molar-refractivity contribution in [2.75, 3.05) is 6.54 Å². The van der Waals surface area contributed by atoms with Crippen LogP contribution in [0.25, 0.3) is 0 Å². The highest BCUT2D eigenvalue weighted by molar-refractivity contribution is 5.76. The smallest absolute Gasteiger partial charge is 0.220 e. The van der Waals surface area contributed by atoms with Crippen molar-refractivity contribution in [3.8, 4) is 0 Å². The third-order valence-corrected chi connectivity index (χ3v) is 2.33. The summed E-state index contributed by atoms with van der Waals surface area (Å²) in [5.41, 5.74) is 5.41. The number of hydrogen-bond donors (Lipinski definition) is 2. The zero-order valence-electron chi connectivity index (χ0n) is 7.51. The average Bonchev–Trinajstić information content (AvgIpc) is 2.26. The summed E-state index contributed by atoms with van der Waals surface area (Å²) in [7, 11) is 0. The predicted octanol–water partition coefficient (Wildman–Crippen LogP) is 0.784. The van der Waals surface area contributed by atoms with Gasteiger partial charge >= 0.3 is 0 Å². The highest BCUT2D eigenvalue weighted by atomic mass is 16.1. The molecule has 1 saturated heterocycles. The van der Waals surface area contributed by atoms with E-state index in [0.29, 0.717) is 12.5 Å². The van der Waals surface area contributed by atoms with Crippen molar-refractivity contribution in [1.82, 2.24) is 5.32 Å². The molecule has 0 saturated carbocycles. The summed E-state index contributed by atoms with van der Waals surface area (Å²) in [5, 5.41) is 3.02. The Bertz CT molecular complexity index is 147. The number of carbonyl (C=O) groups is 1. The van der Waals surface area contributed by atoms with Crippen molar-refractivity contribution in [1.29, 1.82) is 0 Å². The van der Waals surface area contributed by atoms with Gasteiger partial charge in [0.1, 0.15) is 0 Å². The van der Waals surface area contributed by atoms with Crippen LogP contribution < -0.4 is 11.1 Å². The van der Waals surface area contributed by atoms with Crippen LogP contribution in [0.15, 0.2) is 0 Å². The topological polar surface area (TPSA) is 55.1 Å². The molecule has 12 heavy (non-hydrogen) atoms. The van der Waals surface area contributed by atoms with Gasteiger partial charge in [0, 0.05) is 12.5 Å². The highest BCUT2D eigenvalue weighted by Gasteiger charge is 2.14. The fourth-order valence-corrected chi connectivity index (χ4v) is 1.63. The molecule has 0 aromatic rings. The van der Waals surface area contributed by atoms with Crippen molar-refractivity contribution in [3.63, 3.8) is 0 Å². The zero-order valence-corrected chi connectivity index (χ0v) is 7.51. The molecule has 70 valence electrons. The van der Waals surface area contributed by atoms with Crippen LogP contribution >= 0.6 is 0 Å². The molecule has 1 aliphatic heterocycles. The van der Waals surface area contributed by atoms with Crippen molar-refractivity contribution in [2.45, 2.75) is 44.6 Å². The van der Waals surface area contributed by atoms with E-state index < -0.39 is 0 Å². The Hall–Kier alpha value is -0.570. The fraction of sp³-hybridized carbons (Fsp3) is 0.889. The van der Waals surface area contributed by atoms with Gasteiger partial charge in [0.05, 0.1) is 0 Å². The lowest BCUT2D eigenvalue weighted by Gasteiger charge is -2.14. The summed E-state index contributed by atoms with van der Waals surface area (Å²) in [5.74, 6) is 0.217. The van der Waals surface area contributed by atoms with E-state index in [1.807, 2.05) is 0 Å². The van der Waals surface area contributed by atoms with Crippen molar-refractivity contribution < 1.29 is 4.79 Å². The number of carbonyl (C=O) groups excluding carboxylic acids is 1. The second-order valence-electron chi connectivity index (χ2n) is 3.44. The molecule has 0 aliphatic carbocycles. The van der Waals surface area contributed by atoms with Crippen LogP contribution in [-0.2, 0) is 4.79 Å². The first-order valence-corrected chi connectivity index (χ1v) is 4.82. The quantitative estimate of drug-likeness (QED) is 0.657. The van der Waals surface area contributed by atoms with Crippen molar-refractivity contribution in [2.24, 2.45) is 5.73 Å². The van der Waals surface area contributed by atoms with E-state index in [2.05, 4.69) is 5.32 Å². The molecule has 3 N–H and O–H groups in total. The van der Waals surface area contributed by atoms with Gasteiger partial charge in [-0.1, -0.05) is 6.42 Å². The molecule has 0 aromatic carbocycles. The van der Waals surface area contributed by atoms with Gasteiger partial charge < -0.3 is 11.1 Å². The number of amides is 1. The largest absolute Gasteiger partial charge is 0.353 e. The Morgan fingerprint density at radius 1 is 1.50 bits per heavy atom. The molecule has 0 spiro atoms. The molecule has 1 atom stereocenters. The molecule has 1 fully saturated rings. The number of nitrogens with two attached hydrogens (primary N) is 1. The third-order valence-electron chi connectivity index (χ3n) is 2.33. The van der Waals surface area contributed by atoms with Crippen LogP contribution in [0.5, 0.6) is 0 Å². The minimum atomic E-state index is 0.217. The lowest BCUT2D eigenvalue weighted by molar-refractivity contribution is -0.121. The Morgan fingerprint density at radius 3 is 3.08 bits per heavy atom. The van der Waals surface area contributed by atoms with E-state index in [9.17, 15) is 4.79 Å². The number of nitrogens with one attached hydrogen (secondary N) is 1. The molecule has 3 nitrogen and oxygen atoms in total. The van der Waals surface area contributed by atoms with Crippen LogP contribution in [0, 0.1) is 0 Å². The van der Waals surface area contributed by atoms with Crippen LogP contribution in [0.3, 0.4) is 0 Å². The maximum atomic E-state index is 11.1. The molecule has 1 unspecified atom stereocenters. The Balaban J connectivity index is 2.26. The van der Waals surface area contributed by atoms with Gasteiger partial charge in [-0.15, -0.1) is 0 Å². The summed E-state index contributed by atoms with van der Waals surface area (Å²) in [6.45, 7) is 0.729. The van der Waals surface area contributed by atoms with Gasteiger partial charge in [-0.3, -0.25) is 4.79 Å². The SMILES string of the molecule is NCCCC1CCCCC(=O)N1. The third kappa shape index (κ3) is 3.22. The van der Waals surface area contributed by atoms with Crippen LogP contribution in [0.4, 0.5) is 0 Å². The minimum absolute atomic E-state index is 0.217. The van der Waals surface area contributed by atoms with E-state index in [1.54, 1.807) is 0 Å². The average molecular weight is 170 g/mol. The van der Waals surface area contributed by atoms with Gasteiger partial charge in [-0.25, -0.2) is 0 Å². The van der Waals surface area contributed by atoms with E-state index in [4.69, 9.17) is 5.73 Å². The van der Waals surface area contributed by atoms with Crippen LogP contribution in [0.2, 0.25) is 0 Å². The highest BCUT2D eigenvalue weighted by Crippen LogP contribution is 2.12. The Kier molecular flexibility index (Phi) is 4.08. The second kappa shape index (κ2) is 5.14. The monoisotopic (exact) mass is 170 g/mol. The number of rotatable bonds is 3. The minimum Gasteiger partial charge on any atom is -0.353 e.